The molecule has 0 amide bonds. The van der Waals surface area contributed by atoms with Gasteiger partial charge in [-0.05, 0) is 19.1 Å². The molecule has 1 unspecified atom stereocenters. The predicted octanol–water partition coefficient (Wildman–Crippen LogP) is 1.28. The molecule has 1 aliphatic heterocycles. The molecule has 0 radical (unpaired) electrons. The van der Waals surface area contributed by atoms with E-state index in [1.54, 1.807) is 17.7 Å². The summed E-state index contributed by atoms with van der Waals surface area (Å²) >= 11 is 0. The Balaban J connectivity index is 2.11. The molecule has 1 atom stereocenters. The third kappa shape index (κ3) is 3.30. The number of methoxy groups -OCH3 is 1. The average Bonchev–Trinajstić information content (AvgIpc) is 2.62. The van der Waals surface area contributed by atoms with Gasteiger partial charge in [0.1, 0.15) is 11.4 Å². The predicted molar refractivity (Wildman–Crippen MR) is 96.7 cm³/mol. The van der Waals surface area contributed by atoms with E-state index in [1.165, 1.54) is 6.20 Å². The fraction of sp³-hybridized carbons (Fsp3) is 0.444. The van der Waals surface area contributed by atoms with E-state index in [9.17, 15) is 19.1 Å². The minimum atomic E-state index is -1.31. The SMILES string of the molecule is CCn1cc(C(=O)O)c(=O)c2cc(F)c(N3CCNC(COC)C3)cc21. The van der Waals surface area contributed by atoms with Crippen molar-refractivity contribution < 1.29 is 19.0 Å². The number of pyridine rings is 1. The van der Waals surface area contributed by atoms with Crippen LogP contribution in [0.1, 0.15) is 17.3 Å². The van der Waals surface area contributed by atoms with Crippen molar-refractivity contribution in [2.24, 2.45) is 0 Å². The van der Waals surface area contributed by atoms with E-state index >= 15 is 0 Å². The molecule has 2 aromatic rings. The molecule has 2 heterocycles. The number of nitrogens with zero attached hydrogens (tertiary/aromatic N) is 2. The summed E-state index contributed by atoms with van der Waals surface area (Å²) < 4.78 is 21.6. The zero-order valence-electron chi connectivity index (χ0n) is 14.8. The molecule has 0 aliphatic carbocycles. The number of aryl methyl sites for hydroxylation is 1. The summed E-state index contributed by atoms with van der Waals surface area (Å²) in [5.74, 6) is -1.84. The number of ether oxygens (including phenoxy) is 1. The van der Waals surface area contributed by atoms with Crippen LogP contribution < -0.4 is 15.6 Å². The maximum absolute atomic E-state index is 14.8. The van der Waals surface area contributed by atoms with Crippen LogP contribution in [0.2, 0.25) is 0 Å². The lowest BCUT2D eigenvalue weighted by atomic mass is 10.1. The summed E-state index contributed by atoms with van der Waals surface area (Å²) in [6.07, 6.45) is 1.32. The molecule has 7 nitrogen and oxygen atoms in total. The number of rotatable bonds is 5. The number of carboxylic acids is 1. The zero-order valence-corrected chi connectivity index (χ0v) is 14.8. The fourth-order valence-electron chi connectivity index (χ4n) is 3.41. The summed E-state index contributed by atoms with van der Waals surface area (Å²) in [5.41, 5.74) is -0.0837. The Morgan fingerprint density at radius 2 is 2.23 bits per heavy atom. The summed E-state index contributed by atoms with van der Waals surface area (Å²) in [7, 11) is 1.62. The number of piperazine rings is 1. The van der Waals surface area contributed by atoms with Gasteiger partial charge in [-0.25, -0.2) is 9.18 Å². The largest absolute Gasteiger partial charge is 0.477 e. The third-order valence-corrected chi connectivity index (χ3v) is 4.68. The molecule has 26 heavy (non-hydrogen) atoms. The Kier molecular flexibility index (Phi) is 5.24. The van der Waals surface area contributed by atoms with Crippen LogP contribution in [0.3, 0.4) is 0 Å². The number of nitrogens with one attached hydrogen (secondary N) is 1. The number of anilines is 1. The second kappa shape index (κ2) is 7.43. The molecule has 8 heteroatoms. The van der Waals surface area contributed by atoms with Gasteiger partial charge in [0.05, 0.1) is 17.8 Å². The van der Waals surface area contributed by atoms with E-state index in [0.717, 1.165) is 6.07 Å². The molecule has 1 aliphatic rings. The summed E-state index contributed by atoms with van der Waals surface area (Å²) in [6.45, 7) is 4.75. The molecule has 1 aromatic carbocycles. The minimum absolute atomic E-state index is 0.0802. The summed E-state index contributed by atoms with van der Waals surface area (Å²) in [4.78, 5) is 25.6. The van der Waals surface area contributed by atoms with E-state index in [2.05, 4.69) is 5.32 Å². The Bertz CT molecular complexity index is 894. The van der Waals surface area contributed by atoms with Crippen LogP contribution in [-0.4, -0.2) is 55.0 Å². The number of carbonyl (C=O) groups is 1. The highest BCUT2D eigenvalue weighted by Crippen LogP contribution is 2.26. The molecule has 2 N–H and O–H groups in total. The molecule has 0 saturated carbocycles. The molecule has 3 rings (SSSR count). The molecular weight excluding hydrogens is 341 g/mol. The fourth-order valence-corrected chi connectivity index (χ4v) is 3.41. The van der Waals surface area contributed by atoms with Crippen molar-refractivity contribution in [3.63, 3.8) is 0 Å². The minimum Gasteiger partial charge on any atom is -0.477 e. The lowest BCUT2D eigenvalue weighted by molar-refractivity contribution is 0.0695. The van der Waals surface area contributed by atoms with Crippen LogP contribution in [0.5, 0.6) is 0 Å². The number of halogens is 1. The van der Waals surface area contributed by atoms with Crippen molar-refractivity contribution >= 4 is 22.6 Å². The normalized spacial score (nSPS) is 17.7. The lowest BCUT2D eigenvalue weighted by Gasteiger charge is -2.35. The van der Waals surface area contributed by atoms with Crippen molar-refractivity contribution in [2.75, 3.05) is 38.3 Å². The molecule has 0 spiro atoms. The van der Waals surface area contributed by atoms with E-state index in [4.69, 9.17) is 4.74 Å². The Labute approximate surface area is 150 Å². The number of carboxylic acid groups (broad SMARTS) is 1. The molecule has 1 fully saturated rings. The molecular formula is C18H22FN3O4. The maximum atomic E-state index is 14.8. The van der Waals surface area contributed by atoms with Crippen LogP contribution in [0.4, 0.5) is 10.1 Å². The first-order valence-electron chi connectivity index (χ1n) is 8.53. The molecule has 1 saturated heterocycles. The first-order valence-corrected chi connectivity index (χ1v) is 8.53. The number of aromatic nitrogens is 1. The van der Waals surface area contributed by atoms with Gasteiger partial charge in [-0.15, -0.1) is 0 Å². The van der Waals surface area contributed by atoms with Crippen molar-refractivity contribution in [3.05, 3.63) is 39.9 Å². The highest BCUT2D eigenvalue weighted by Gasteiger charge is 2.23. The monoisotopic (exact) mass is 363 g/mol. The van der Waals surface area contributed by atoms with Crippen LogP contribution in [-0.2, 0) is 11.3 Å². The lowest BCUT2D eigenvalue weighted by Crippen LogP contribution is -2.52. The first-order chi connectivity index (χ1) is 12.5. The number of hydrogen-bond donors (Lipinski definition) is 2. The van der Waals surface area contributed by atoms with Gasteiger partial charge < -0.3 is 24.6 Å². The Hall–Kier alpha value is -2.45. The molecule has 1 aromatic heterocycles. The molecule has 140 valence electrons. The highest BCUT2D eigenvalue weighted by molar-refractivity contribution is 5.93. The Morgan fingerprint density at radius 1 is 1.46 bits per heavy atom. The van der Waals surface area contributed by atoms with Gasteiger partial charge in [0.15, 0.2) is 0 Å². The maximum Gasteiger partial charge on any atom is 0.341 e. The number of hydrogen-bond acceptors (Lipinski definition) is 5. The van der Waals surface area contributed by atoms with Crippen molar-refractivity contribution in [1.82, 2.24) is 9.88 Å². The van der Waals surface area contributed by atoms with Gasteiger partial charge in [-0.3, -0.25) is 4.79 Å². The van der Waals surface area contributed by atoms with E-state index in [0.29, 0.717) is 44.0 Å². The zero-order chi connectivity index (χ0) is 18.8. The van der Waals surface area contributed by atoms with E-state index in [1.807, 2.05) is 11.8 Å². The average molecular weight is 363 g/mol. The van der Waals surface area contributed by atoms with Gasteiger partial charge in [-0.1, -0.05) is 0 Å². The van der Waals surface area contributed by atoms with Crippen LogP contribution >= 0.6 is 0 Å². The third-order valence-electron chi connectivity index (χ3n) is 4.68. The standard InChI is InChI=1S/C18H22FN3O4/c1-3-21-9-13(18(24)25)17(23)12-6-14(19)16(7-15(12)21)22-5-4-20-11(8-22)10-26-2/h6-7,9,11,20H,3-5,8,10H2,1-2H3,(H,24,25). The van der Waals surface area contributed by atoms with Gasteiger partial charge in [0.25, 0.3) is 0 Å². The van der Waals surface area contributed by atoms with Gasteiger partial charge in [0, 0.05) is 50.9 Å². The first kappa shape index (κ1) is 18.3. The van der Waals surface area contributed by atoms with Crippen molar-refractivity contribution in [1.29, 1.82) is 0 Å². The smallest absolute Gasteiger partial charge is 0.341 e. The number of benzene rings is 1. The van der Waals surface area contributed by atoms with Crippen LogP contribution in [0.25, 0.3) is 10.9 Å². The van der Waals surface area contributed by atoms with Crippen molar-refractivity contribution in [3.8, 4) is 0 Å². The van der Waals surface area contributed by atoms with Crippen molar-refractivity contribution in [2.45, 2.75) is 19.5 Å². The second-order valence-electron chi connectivity index (χ2n) is 6.34. The van der Waals surface area contributed by atoms with Gasteiger partial charge in [0.2, 0.25) is 5.43 Å². The summed E-state index contributed by atoms with van der Waals surface area (Å²) in [6, 6.07) is 2.88. The van der Waals surface area contributed by atoms with Gasteiger partial charge >= 0.3 is 5.97 Å². The number of fused-ring (bicyclic) bond motifs is 1. The van der Waals surface area contributed by atoms with E-state index < -0.39 is 17.2 Å². The molecule has 0 bridgehead atoms. The van der Waals surface area contributed by atoms with Crippen LogP contribution in [0.15, 0.2) is 23.1 Å². The van der Waals surface area contributed by atoms with E-state index in [-0.39, 0.29) is 17.0 Å². The Morgan fingerprint density at radius 3 is 2.88 bits per heavy atom. The highest BCUT2D eigenvalue weighted by atomic mass is 19.1. The second-order valence-corrected chi connectivity index (χ2v) is 6.34. The topological polar surface area (TPSA) is 83.8 Å². The summed E-state index contributed by atoms with van der Waals surface area (Å²) in [5, 5.41) is 12.6. The number of aromatic carboxylic acids is 1. The quantitative estimate of drug-likeness (QED) is 0.833. The van der Waals surface area contributed by atoms with Gasteiger partial charge in [-0.2, -0.15) is 0 Å². The van der Waals surface area contributed by atoms with Crippen LogP contribution in [0, 0.1) is 5.82 Å².